The van der Waals surface area contributed by atoms with Gasteiger partial charge < -0.3 is 5.11 Å². The molecule has 0 fully saturated rings. The van der Waals surface area contributed by atoms with Crippen LogP contribution in [0, 0.1) is 5.41 Å². The molecule has 8 heteroatoms. The zero-order valence-electron chi connectivity index (χ0n) is 16.2. The molecular formula is C19H25Cl2NO4S. The maximum atomic E-state index is 13.5. The summed E-state index contributed by atoms with van der Waals surface area (Å²) in [6.45, 7) is 10.5. The van der Waals surface area contributed by atoms with Crippen molar-refractivity contribution in [2.24, 2.45) is 5.41 Å². The highest BCUT2D eigenvalue weighted by atomic mass is 35.5. The second-order valence-corrected chi connectivity index (χ2v) is 12.2. The van der Waals surface area contributed by atoms with Crippen molar-refractivity contribution in [3.63, 3.8) is 0 Å². The molecule has 1 aromatic carbocycles. The van der Waals surface area contributed by atoms with Crippen molar-refractivity contribution in [2.45, 2.75) is 58.4 Å². The van der Waals surface area contributed by atoms with E-state index in [9.17, 15) is 18.3 Å². The van der Waals surface area contributed by atoms with E-state index in [1.807, 2.05) is 20.8 Å². The van der Waals surface area contributed by atoms with Crippen LogP contribution in [0.15, 0.2) is 29.8 Å². The van der Waals surface area contributed by atoms with Gasteiger partial charge in [0.05, 0.1) is 26.4 Å². The van der Waals surface area contributed by atoms with Crippen molar-refractivity contribution in [1.82, 2.24) is 4.31 Å². The van der Waals surface area contributed by atoms with Crippen LogP contribution in [0.2, 0.25) is 10.0 Å². The predicted molar refractivity (Wildman–Crippen MR) is 109 cm³/mol. The van der Waals surface area contributed by atoms with E-state index in [1.165, 1.54) is 10.4 Å². The summed E-state index contributed by atoms with van der Waals surface area (Å²) in [5, 5.41) is 10.3. The number of hydrogen-bond donors (Lipinski definition) is 1. The third-order valence-electron chi connectivity index (χ3n) is 4.61. The third kappa shape index (κ3) is 4.04. The van der Waals surface area contributed by atoms with Gasteiger partial charge in [-0.25, -0.2) is 13.2 Å². The van der Waals surface area contributed by atoms with Gasteiger partial charge in [0.25, 0.3) is 0 Å². The molecule has 1 heterocycles. The number of rotatable bonds is 3. The molecule has 1 aromatic rings. The molecule has 2 rings (SSSR count). The van der Waals surface area contributed by atoms with Gasteiger partial charge in [-0.05, 0) is 43.9 Å². The first-order valence-corrected chi connectivity index (χ1v) is 10.7. The number of hydrogen-bond acceptors (Lipinski definition) is 3. The Bertz CT molecular complexity index is 895. The van der Waals surface area contributed by atoms with Gasteiger partial charge in [0, 0.05) is 6.04 Å². The highest BCUT2D eigenvalue weighted by Crippen LogP contribution is 2.47. The largest absolute Gasteiger partial charge is 0.478 e. The van der Waals surface area contributed by atoms with Gasteiger partial charge in [-0.2, -0.15) is 4.31 Å². The molecular weight excluding hydrogens is 409 g/mol. The molecule has 0 radical (unpaired) electrons. The second kappa shape index (κ2) is 7.07. The van der Waals surface area contributed by atoms with E-state index in [-0.39, 0.29) is 10.6 Å². The van der Waals surface area contributed by atoms with Crippen LogP contribution in [0.3, 0.4) is 0 Å². The van der Waals surface area contributed by atoms with Crippen molar-refractivity contribution in [1.29, 1.82) is 0 Å². The summed E-state index contributed by atoms with van der Waals surface area (Å²) in [6.07, 6.45) is 1.54. The van der Waals surface area contributed by atoms with Gasteiger partial charge in [-0.15, -0.1) is 0 Å². The average Bonchev–Trinajstić information content (AvgIpc) is 2.90. The molecule has 0 saturated heterocycles. The second-order valence-electron chi connectivity index (χ2n) is 8.76. The first-order chi connectivity index (χ1) is 12.1. The zero-order chi connectivity index (χ0) is 20.9. The van der Waals surface area contributed by atoms with Crippen LogP contribution >= 0.6 is 23.2 Å². The van der Waals surface area contributed by atoms with Crippen molar-refractivity contribution in [3.05, 3.63) is 45.5 Å². The fourth-order valence-corrected chi connectivity index (χ4v) is 5.19. The molecule has 5 nitrogen and oxygen atoms in total. The maximum Gasteiger partial charge on any atom is 0.333 e. The Labute approximate surface area is 171 Å². The van der Waals surface area contributed by atoms with Crippen LogP contribution in [-0.4, -0.2) is 34.6 Å². The van der Waals surface area contributed by atoms with Crippen molar-refractivity contribution < 1.29 is 18.3 Å². The van der Waals surface area contributed by atoms with Gasteiger partial charge in [0.2, 0.25) is 10.0 Å². The molecule has 0 saturated carbocycles. The van der Waals surface area contributed by atoms with Gasteiger partial charge in [0.15, 0.2) is 0 Å². The van der Waals surface area contributed by atoms with Crippen LogP contribution < -0.4 is 0 Å². The number of nitrogens with zero attached hydrogens (tertiary/aromatic N) is 1. The Morgan fingerprint density at radius 2 is 1.63 bits per heavy atom. The summed E-state index contributed by atoms with van der Waals surface area (Å²) in [6, 6.07) is 3.09. The van der Waals surface area contributed by atoms with Gasteiger partial charge in [-0.1, -0.05) is 56.1 Å². The van der Waals surface area contributed by atoms with E-state index in [1.54, 1.807) is 39.0 Å². The van der Waals surface area contributed by atoms with E-state index in [0.717, 1.165) is 0 Å². The number of halogens is 2. The zero-order valence-corrected chi connectivity index (χ0v) is 18.6. The molecule has 0 aromatic heterocycles. The molecule has 1 N–H and O–H groups in total. The SMILES string of the molecule is CC(C)(C)[C@@H]1C=C(C(=O)O)C(c2ccc(Cl)c(Cl)c2)N1S(=O)(=O)C(C)(C)C. The molecule has 1 aliphatic heterocycles. The van der Waals surface area contributed by atoms with E-state index in [0.29, 0.717) is 10.6 Å². The normalized spacial score (nSPS) is 22.0. The Morgan fingerprint density at radius 3 is 2.04 bits per heavy atom. The minimum absolute atomic E-state index is 0.0149. The van der Waals surface area contributed by atoms with E-state index < -0.39 is 38.2 Å². The summed E-state index contributed by atoms with van der Waals surface area (Å²) < 4.78 is 27.1. The lowest BCUT2D eigenvalue weighted by molar-refractivity contribution is -0.133. The fraction of sp³-hybridized carbons (Fsp3) is 0.526. The number of carbonyl (C=O) groups is 1. The Balaban J connectivity index is 2.79. The van der Waals surface area contributed by atoms with Crippen molar-refractivity contribution in [2.75, 3.05) is 0 Å². The molecule has 27 heavy (non-hydrogen) atoms. The molecule has 0 spiro atoms. The summed E-state index contributed by atoms with van der Waals surface area (Å²) in [5.74, 6) is -1.16. The van der Waals surface area contributed by atoms with Crippen molar-refractivity contribution >= 4 is 39.2 Å². The van der Waals surface area contributed by atoms with Crippen LogP contribution in [0.5, 0.6) is 0 Å². The van der Waals surface area contributed by atoms with E-state index in [4.69, 9.17) is 23.2 Å². The Morgan fingerprint density at radius 1 is 1.07 bits per heavy atom. The number of benzene rings is 1. The fourth-order valence-electron chi connectivity index (χ4n) is 3.07. The van der Waals surface area contributed by atoms with Gasteiger partial charge in [-0.3, -0.25) is 0 Å². The summed E-state index contributed by atoms with van der Waals surface area (Å²) in [4.78, 5) is 12.0. The summed E-state index contributed by atoms with van der Waals surface area (Å²) in [5.41, 5.74) is -0.0250. The molecule has 0 bridgehead atoms. The number of sulfonamides is 1. The molecule has 1 unspecified atom stereocenters. The number of carboxylic acid groups (broad SMARTS) is 1. The number of carboxylic acids is 1. The van der Waals surface area contributed by atoms with Crippen LogP contribution in [0.25, 0.3) is 0 Å². The lowest BCUT2D eigenvalue weighted by Crippen LogP contribution is -2.51. The van der Waals surface area contributed by atoms with E-state index >= 15 is 0 Å². The molecule has 0 aliphatic carbocycles. The third-order valence-corrected chi connectivity index (χ3v) is 7.89. The quantitative estimate of drug-likeness (QED) is 0.734. The van der Waals surface area contributed by atoms with Gasteiger partial charge in [0.1, 0.15) is 0 Å². The Hall–Kier alpha value is -1.08. The van der Waals surface area contributed by atoms with E-state index in [2.05, 4.69) is 0 Å². The maximum absolute atomic E-state index is 13.5. The standard InChI is InChI=1S/C19H25Cl2NO4S/c1-18(2,3)15-10-12(17(23)24)16(11-7-8-13(20)14(21)9-11)22(15)27(25,26)19(4,5)6/h7-10,15-16H,1-6H3,(H,23,24)/t15-,16?/m0/s1. The highest BCUT2D eigenvalue weighted by Gasteiger charge is 2.52. The molecule has 0 amide bonds. The van der Waals surface area contributed by atoms with Crippen LogP contribution in [0.4, 0.5) is 0 Å². The van der Waals surface area contributed by atoms with Crippen LogP contribution in [0.1, 0.15) is 53.1 Å². The highest BCUT2D eigenvalue weighted by molar-refractivity contribution is 7.90. The minimum Gasteiger partial charge on any atom is -0.478 e. The topological polar surface area (TPSA) is 74.7 Å². The predicted octanol–water partition coefficient (Wildman–Crippen LogP) is 4.90. The monoisotopic (exact) mass is 433 g/mol. The van der Waals surface area contributed by atoms with Gasteiger partial charge >= 0.3 is 5.97 Å². The molecule has 1 aliphatic rings. The lowest BCUT2D eigenvalue weighted by atomic mass is 9.87. The van der Waals surface area contributed by atoms with Crippen molar-refractivity contribution in [3.8, 4) is 0 Å². The smallest absolute Gasteiger partial charge is 0.333 e. The Kier molecular flexibility index (Phi) is 5.81. The average molecular weight is 434 g/mol. The molecule has 150 valence electrons. The summed E-state index contributed by atoms with van der Waals surface area (Å²) >= 11 is 12.1. The molecule has 2 atom stereocenters. The lowest BCUT2D eigenvalue weighted by Gasteiger charge is -2.40. The van der Waals surface area contributed by atoms with Crippen LogP contribution in [-0.2, 0) is 14.8 Å². The summed E-state index contributed by atoms with van der Waals surface area (Å²) in [7, 11) is -3.85. The first-order valence-electron chi connectivity index (χ1n) is 8.52. The first kappa shape index (κ1) is 22.2. The minimum atomic E-state index is -3.85. The number of aliphatic carboxylic acids is 1.